The number of rotatable bonds is 5. The Balaban J connectivity index is 1.60. The minimum Gasteiger partial charge on any atom is -0.468 e. The molecule has 0 saturated carbocycles. The van der Waals surface area contributed by atoms with Gasteiger partial charge in [-0.05, 0) is 76.0 Å². The number of aromatic nitrogens is 1. The fraction of sp³-hybridized carbons (Fsp3) is 0.391. The van der Waals surface area contributed by atoms with Gasteiger partial charge in [-0.25, -0.2) is 0 Å². The molecule has 0 bridgehead atoms. The van der Waals surface area contributed by atoms with Crippen LogP contribution in [0.1, 0.15) is 51.8 Å². The molecule has 1 saturated heterocycles. The molecule has 5 nitrogen and oxygen atoms in total. The summed E-state index contributed by atoms with van der Waals surface area (Å²) in [5.41, 5.74) is 4.76. The van der Waals surface area contributed by atoms with Crippen LogP contribution in [0.3, 0.4) is 0 Å². The Kier molecular flexibility index (Phi) is 5.18. The molecule has 5 heteroatoms. The molecule has 0 aliphatic carbocycles. The predicted octanol–water partition coefficient (Wildman–Crippen LogP) is 4.32. The highest BCUT2D eigenvalue weighted by Gasteiger charge is 2.26. The van der Waals surface area contributed by atoms with Crippen molar-refractivity contribution in [1.29, 1.82) is 0 Å². The van der Waals surface area contributed by atoms with E-state index in [9.17, 15) is 4.79 Å². The second-order valence-electron chi connectivity index (χ2n) is 7.70. The van der Waals surface area contributed by atoms with Gasteiger partial charge in [-0.1, -0.05) is 12.1 Å². The van der Waals surface area contributed by atoms with Crippen molar-refractivity contribution >= 4 is 16.8 Å². The van der Waals surface area contributed by atoms with Crippen LogP contribution in [-0.4, -0.2) is 35.4 Å². The number of amides is 1. The molecule has 1 aromatic carbocycles. The molecular formula is C23H27N3O2. The summed E-state index contributed by atoms with van der Waals surface area (Å²) in [5, 5.41) is 4.05. The fourth-order valence-electron chi connectivity index (χ4n) is 4.07. The van der Waals surface area contributed by atoms with Crippen LogP contribution in [0.25, 0.3) is 10.9 Å². The van der Waals surface area contributed by atoms with Gasteiger partial charge in [0.1, 0.15) is 5.76 Å². The summed E-state index contributed by atoms with van der Waals surface area (Å²) in [6.07, 6.45) is 4.08. The van der Waals surface area contributed by atoms with Crippen molar-refractivity contribution in [2.45, 2.75) is 39.7 Å². The summed E-state index contributed by atoms with van der Waals surface area (Å²) in [7, 11) is 0. The first-order valence-corrected chi connectivity index (χ1v) is 9.98. The van der Waals surface area contributed by atoms with Gasteiger partial charge in [0, 0.05) is 17.6 Å². The minimum atomic E-state index is -0.0606. The number of hydrogen-bond donors (Lipinski definition) is 1. The van der Waals surface area contributed by atoms with E-state index in [1.165, 1.54) is 18.4 Å². The quantitative estimate of drug-likeness (QED) is 0.719. The fourth-order valence-corrected chi connectivity index (χ4v) is 4.07. The molecule has 4 rings (SSSR count). The highest BCUT2D eigenvalue weighted by Crippen LogP contribution is 2.26. The summed E-state index contributed by atoms with van der Waals surface area (Å²) in [5.74, 6) is 0.846. The lowest BCUT2D eigenvalue weighted by atomic mass is 10.0. The van der Waals surface area contributed by atoms with Gasteiger partial charge in [-0.15, -0.1) is 0 Å². The Morgan fingerprint density at radius 3 is 2.71 bits per heavy atom. The lowest BCUT2D eigenvalue weighted by molar-refractivity contribution is 0.0935. The van der Waals surface area contributed by atoms with Crippen LogP contribution < -0.4 is 5.32 Å². The summed E-state index contributed by atoms with van der Waals surface area (Å²) in [4.78, 5) is 20.2. The van der Waals surface area contributed by atoms with Gasteiger partial charge < -0.3 is 9.73 Å². The largest absolute Gasteiger partial charge is 0.468 e. The number of aryl methyl sites for hydroxylation is 3. The van der Waals surface area contributed by atoms with Crippen LogP contribution >= 0.6 is 0 Å². The highest BCUT2D eigenvalue weighted by atomic mass is 16.3. The van der Waals surface area contributed by atoms with Gasteiger partial charge in [-0.3, -0.25) is 14.7 Å². The number of nitrogens with zero attached hydrogens (tertiary/aromatic N) is 2. The third-order valence-corrected chi connectivity index (χ3v) is 5.79. The first-order valence-electron chi connectivity index (χ1n) is 9.98. The van der Waals surface area contributed by atoms with Crippen LogP contribution in [-0.2, 0) is 0 Å². The number of carbonyl (C=O) groups excluding carboxylic acids is 1. The van der Waals surface area contributed by atoms with Crippen LogP contribution in [0.2, 0.25) is 0 Å². The molecule has 3 heterocycles. The predicted molar refractivity (Wildman–Crippen MR) is 111 cm³/mol. The zero-order valence-electron chi connectivity index (χ0n) is 16.8. The van der Waals surface area contributed by atoms with Crippen molar-refractivity contribution in [2.75, 3.05) is 19.6 Å². The summed E-state index contributed by atoms with van der Waals surface area (Å²) in [6.45, 7) is 8.68. The standard InChI is InChI=1S/C23H27N3O2/c1-15-8-9-18-19(13-16(2)25-22(18)17(15)3)23(27)24-14-20(21-7-6-12-28-21)26-10-4-5-11-26/h6-9,12-13,20H,4-5,10-11,14H2,1-3H3,(H,24,27). The summed E-state index contributed by atoms with van der Waals surface area (Å²) >= 11 is 0. The third kappa shape index (κ3) is 3.54. The highest BCUT2D eigenvalue weighted by molar-refractivity contribution is 6.07. The Bertz CT molecular complexity index is 989. The molecule has 0 spiro atoms. The number of benzene rings is 1. The van der Waals surface area contributed by atoms with Crippen LogP contribution in [0.4, 0.5) is 0 Å². The van der Waals surface area contributed by atoms with Crippen molar-refractivity contribution in [1.82, 2.24) is 15.2 Å². The molecule has 146 valence electrons. The average molecular weight is 377 g/mol. The van der Waals surface area contributed by atoms with Crippen molar-refractivity contribution in [2.24, 2.45) is 0 Å². The van der Waals surface area contributed by atoms with E-state index in [2.05, 4.69) is 35.1 Å². The summed E-state index contributed by atoms with van der Waals surface area (Å²) in [6, 6.07) is 9.91. The molecule has 1 N–H and O–H groups in total. The first-order chi connectivity index (χ1) is 13.5. The molecule has 0 radical (unpaired) electrons. The molecular weight excluding hydrogens is 350 g/mol. The van der Waals surface area contributed by atoms with Gasteiger partial charge >= 0.3 is 0 Å². The van der Waals surface area contributed by atoms with Crippen LogP contribution in [0.5, 0.6) is 0 Å². The van der Waals surface area contributed by atoms with E-state index in [-0.39, 0.29) is 11.9 Å². The van der Waals surface area contributed by atoms with Gasteiger partial charge in [0.15, 0.2) is 0 Å². The molecule has 28 heavy (non-hydrogen) atoms. The second kappa shape index (κ2) is 7.76. The molecule has 1 aliphatic heterocycles. The number of furan rings is 1. The molecule has 3 aromatic rings. The number of hydrogen-bond acceptors (Lipinski definition) is 4. The Labute approximate surface area is 165 Å². The zero-order valence-corrected chi connectivity index (χ0v) is 16.8. The molecule has 1 fully saturated rings. The number of carbonyl (C=O) groups is 1. The van der Waals surface area contributed by atoms with Gasteiger partial charge in [-0.2, -0.15) is 0 Å². The Hall–Kier alpha value is -2.66. The van der Waals surface area contributed by atoms with Crippen molar-refractivity contribution < 1.29 is 9.21 Å². The van der Waals surface area contributed by atoms with E-state index in [1.54, 1.807) is 6.26 Å². The van der Waals surface area contributed by atoms with Gasteiger partial charge in [0.25, 0.3) is 5.91 Å². The van der Waals surface area contributed by atoms with Gasteiger partial charge in [0.2, 0.25) is 0 Å². The van der Waals surface area contributed by atoms with E-state index in [1.807, 2.05) is 31.2 Å². The average Bonchev–Trinajstić information content (AvgIpc) is 3.39. The van der Waals surface area contributed by atoms with Crippen molar-refractivity contribution in [3.05, 3.63) is 64.7 Å². The zero-order chi connectivity index (χ0) is 19.7. The number of nitrogens with one attached hydrogen (secondary N) is 1. The number of likely N-dealkylation sites (tertiary alicyclic amines) is 1. The van der Waals surface area contributed by atoms with E-state index < -0.39 is 0 Å². The van der Waals surface area contributed by atoms with Crippen molar-refractivity contribution in [3.63, 3.8) is 0 Å². The smallest absolute Gasteiger partial charge is 0.252 e. The van der Waals surface area contributed by atoms with E-state index >= 15 is 0 Å². The van der Waals surface area contributed by atoms with Crippen LogP contribution in [0.15, 0.2) is 41.0 Å². The molecule has 1 aliphatic rings. The monoisotopic (exact) mass is 377 g/mol. The maximum Gasteiger partial charge on any atom is 0.252 e. The summed E-state index contributed by atoms with van der Waals surface area (Å²) < 4.78 is 5.66. The number of fused-ring (bicyclic) bond motifs is 1. The van der Waals surface area contributed by atoms with E-state index in [0.717, 1.165) is 41.0 Å². The normalized spacial score (nSPS) is 15.8. The molecule has 2 aromatic heterocycles. The molecule has 1 amide bonds. The molecule has 1 unspecified atom stereocenters. The Morgan fingerprint density at radius 2 is 2.00 bits per heavy atom. The first kappa shape index (κ1) is 18.7. The minimum absolute atomic E-state index is 0.0606. The van der Waals surface area contributed by atoms with Gasteiger partial charge in [0.05, 0.1) is 23.4 Å². The van der Waals surface area contributed by atoms with Crippen molar-refractivity contribution in [3.8, 4) is 0 Å². The van der Waals surface area contributed by atoms with E-state index in [4.69, 9.17) is 4.42 Å². The number of pyridine rings is 1. The van der Waals surface area contributed by atoms with Crippen LogP contribution in [0, 0.1) is 20.8 Å². The topological polar surface area (TPSA) is 58.4 Å². The lowest BCUT2D eigenvalue weighted by Gasteiger charge is -2.26. The maximum absolute atomic E-state index is 13.1. The Morgan fingerprint density at radius 1 is 1.21 bits per heavy atom. The van der Waals surface area contributed by atoms with E-state index in [0.29, 0.717) is 12.1 Å². The molecule has 1 atom stereocenters. The third-order valence-electron chi connectivity index (χ3n) is 5.79. The second-order valence-corrected chi connectivity index (χ2v) is 7.70. The SMILES string of the molecule is Cc1cc(C(=O)NCC(c2ccco2)N2CCCC2)c2ccc(C)c(C)c2n1. The maximum atomic E-state index is 13.1. The lowest BCUT2D eigenvalue weighted by Crippen LogP contribution is -2.36.